The molecule has 0 bridgehead atoms. The first kappa shape index (κ1) is 23.5. The molecular weight excluding hydrogens is 436 g/mol. The van der Waals surface area contributed by atoms with Gasteiger partial charge in [-0.3, -0.25) is 14.4 Å². The Labute approximate surface area is 198 Å². The van der Waals surface area contributed by atoms with E-state index in [0.717, 1.165) is 25.7 Å². The quantitative estimate of drug-likeness (QED) is 0.588. The van der Waals surface area contributed by atoms with Crippen molar-refractivity contribution in [3.63, 3.8) is 0 Å². The van der Waals surface area contributed by atoms with Gasteiger partial charge in [0.15, 0.2) is 11.5 Å². The fourth-order valence-corrected chi connectivity index (χ4v) is 4.19. The first-order valence-electron chi connectivity index (χ1n) is 11.8. The molecule has 1 aromatic carbocycles. The molecule has 1 aliphatic heterocycles. The Morgan fingerprint density at radius 1 is 0.971 bits per heavy atom. The van der Waals surface area contributed by atoms with Gasteiger partial charge in [-0.25, -0.2) is 4.98 Å². The summed E-state index contributed by atoms with van der Waals surface area (Å²) in [5.74, 6) is 1.00. The van der Waals surface area contributed by atoms with Crippen LogP contribution < -0.4 is 25.0 Å². The Balaban J connectivity index is 1.38. The van der Waals surface area contributed by atoms with Gasteiger partial charge < -0.3 is 25.0 Å². The maximum Gasteiger partial charge on any atom is 0.240 e. The second kappa shape index (κ2) is 11.5. The lowest BCUT2D eigenvalue weighted by atomic mass is 10.1. The maximum absolute atomic E-state index is 13.2. The number of benzene rings is 1. The van der Waals surface area contributed by atoms with Crippen LogP contribution >= 0.6 is 0 Å². The van der Waals surface area contributed by atoms with E-state index in [1.165, 1.54) is 4.90 Å². The number of anilines is 2. The molecule has 180 valence electrons. The zero-order valence-corrected chi connectivity index (χ0v) is 19.1. The molecule has 2 aromatic rings. The SMILES string of the molecule is O=C(CCCC(=O)N(CC(=O)NC1CCCC1)c1ccc2c(c1)OCCO2)Nc1ccccn1. The second-order valence-electron chi connectivity index (χ2n) is 8.47. The van der Waals surface area contributed by atoms with Crippen LogP contribution in [0.3, 0.4) is 0 Å². The van der Waals surface area contributed by atoms with Crippen molar-refractivity contribution in [3.05, 3.63) is 42.6 Å². The van der Waals surface area contributed by atoms with Crippen LogP contribution in [0, 0.1) is 0 Å². The van der Waals surface area contributed by atoms with Crippen molar-refractivity contribution in [3.8, 4) is 11.5 Å². The molecule has 0 radical (unpaired) electrons. The van der Waals surface area contributed by atoms with Gasteiger partial charge in [0.05, 0.1) is 0 Å². The number of aromatic nitrogens is 1. The predicted molar refractivity (Wildman–Crippen MR) is 127 cm³/mol. The van der Waals surface area contributed by atoms with Gasteiger partial charge in [-0.15, -0.1) is 0 Å². The zero-order chi connectivity index (χ0) is 23.8. The van der Waals surface area contributed by atoms with Crippen LogP contribution in [0.1, 0.15) is 44.9 Å². The van der Waals surface area contributed by atoms with Gasteiger partial charge in [-0.05, 0) is 43.5 Å². The molecule has 0 atom stereocenters. The van der Waals surface area contributed by atoms with Crippen LogP contribution in [0.4, 0.5) is 11.5 Å². The Hall–Kier alpha value is -3.62. The second-order valence-corrected chi connectivity index (χ2v) is 8.47. The summed E-state index contributed by atoms with van der Waals surface area (Å²) in [5, 5.41) is 5.75. The summed E-state index contributed by atoms with van der Waals surface area (Å²) < 4.78 is 11.2. The van der Waals surface area contributed by atoms with Crippen molar-refractivity contribution in [2.75, 3.05) is 30.0 Å². The first-order valence-corrected chi connectivity index (χ1v) is 11.8. The Bertz CT molecular complexity index is 1010. The van der Waals surface area contributed by atoms with E-state index in [-0.39, 0.29) is 43.1 Å². The lowest BCUT2D eigenvalue weighted by Gasteiger charge is -2.26. The lowest BCUT2D eigenvalue weighted by Crippen LogP contribution is -2.43. The molecule has 1 saturated carbocycles. The van der Waals surface area contributed by atoms with Crippen LogP contribution in [0.25, 0.3) is 0 Å². The average molecular weight is 467 g/mol. The van der Waals surface area contributed by atoms with Crippen molar-refractivity contribution in [1.29, 1.82) is 0 Å². The maximum atomic E-state index is 13.2. The number of hydrogen-bond donors (Lipinski definition) is 2. The molecular formula is C25H30N4O5. The summed E-state index contributed by atoms with van der Waals surface area (Å²) in [6, 6.07) is 10.7. The summed E-state index contributed by atoms with van der Waals surface area (Å²) in [4.78, 5) is 43.6. The summed E-state index contributed by atoms with van der Waals surface area (Å²) >= 11 is 0. The van der Waals surface area contributed by atoms with E-state index in [2.05, 4.69) is 15.6 Å². The molecule has 1 fully saturated rings. The number of fused-ring (bicyclic) bond motifs is 1. The van der Waals surface area contributed by atoms with E-state index < -0.39 is 0 Å². The minimum atomic E-state index is -0.233. The van der Waals surface area contributed by atoms with Crippen molar-refractivity contribution in [2.24, 2.45) is 0 Å². The highest BCUT2D eigenvalue weighted by molar-refractivity contribution is 5.99. The van der Waals surface area contributed by atoms with Gasteiger partial charge in [0.1, 0.15) is 25.6 Å². The molecule has 1 aromatic heterocycles. The monoisotopic (exact) mass is 466 g/mol. The van der Waals surface area contributed by atoms with Crippen LogP contribution in [0.15, 0.2) is 42.6 Å². The third kappa shape index (κ3) is 6.46. The van der Waals surface area contributed by atoms with Gasteiger partial charge in [0, 0.05) is 36.8 Å². The molecule has 2 N–H and O–H groups in total. The van der Waals surface area contributed by atoms with Gasteiger partial charge in [0.25, 0.3) is 0 Å². The van der Waals surface area contributed by atoms with E-state index >= 15 is 0 Å². The highest BCUT2D eigenvalue weighted by Gasteiger charge is 2.24. The van der Waals surface area contributed by atoms with Crippen LogP contribution in [-0.2, 0) is 14.4 Å². The number of ether oxygens (including phenoxy) is 2. The van der Waals surface area contributed by atoms with Gasteiger partial charge >= 0.3 is 0 Å². The van der Waals surface area contributed by atoms with Crippen molar-refractivity contribution in [1.82, 2.24) is 10.3 Å². The number of amides is 3. The molecule has 0 spiro atoms. The highest BCUT2D eigenvalue weighted by Crippen LogP contribution is 2.34. The first-order chi connectivity index (χ1) is 16.6. The standard InChI is InChI=1S/C25H30N4O5/c30-23(28-22-8-3-4-13-26-22)9-5-10-25(32)29(17-24(31)27-18-6-1-2-7-18)19-11-12-20-21(16-19)34-15-14-33-20/h3-4,8,11-13,16,18H,1-2,5-7,9-10,14-15,17H2,(H,27,31)(H,26,28,30). The van der Waals surface area contributed by atoms with Crippen LogP contribution in [0.5, 0.6) is 11.5 Å². The van der Waals surface area contributed by atoms with E-state index in [4.69, 9.17) is 9.47 Å². The molecule has 9 nitrogen and oxygen atoms in total. The Morgan fingerprint density at radius 2 is 1.76 bits per heavy atom. The average Bonchev–Trinajstić information content (AvgIpc) is 3.35. The number of rotatable bonds is 9. The zero-order valence-electron chi connectivity index (χ0n) is 19.1. The number of carbonyl (C=O) groups excluding carboxylic acids is 3. The summed E-state index contributed by atoms with van der Waals surface area (Å²) in [5.41, 5.74) is 0.564. The molecule has 3 amide bonds. The Morgan fingerprint density at radius 3 is 2.53 bits per heavy atom. The molecule has 9 heteroatoms. The number of carbonyl (C=O) groups is 3. The molecule has 1 aliphatic carbocycles. The van der Waals surface area contributed by atoms with Crippen molar-refractivity contribution < 1.29 is 23.9 Å². The van der Waals surface area contributed by atoms with Crippen LogP contribution in [0.2, 0.25) is 0 Å². The lowest BCUT2D eigenvalue weighted by molar-refractivity contribution is -0.124. The normalized spacial score (nSPS) is 14.9. The van der Waals surface area contributed by atoms with E-state index in [0.29, 0.717) is 42.6 Å². The molecule has 34 heavy (non-hydrogen) atoms. The fourth-order valence-electron chi connectivity index (χ4n) is 4.19. The smallest absolute Gasteiger partial charge is 0.240 e. The minimum Gasteiger partial charge on any atom is -0.486 e. The number of pyridine rings is 1. The third-order valence-corrected chi connectivity index (χ3v) is 5.89. The Kier molecular flexibility index (Phi) is 7.95. The minimum absolute atomic E-state index is 0.0882. The molecule has 2 aliphatic rings. The summed E-state index contributed by atoms with van der Waals surface area (Å²) in [6.45, 7) is 0.812. The van der Waals surface area contributed by atoms with E-state index in [9.17, 15) is 14.4 Å². The van der Waals surface area contributed by atoms with E-state index in [1.54, 1.807) is 42.6 Å². The third-order valence-electron chi connectivity index (χ3n) is 5.89. The van der Waals surface area contributed by atoms with Gasteiger partial charge in [0.2, 0.25) is 17.7 Å². The summed E-state index contributed by atoms with van der Waals surface area (Å²) in [6.07, 6.45) is 6.40. The van der Waals surface area contributed by atoms with Crippen LogP contribution in [-0.4, -0.2) is 48.5 Å². The molecule has 0 saturated heterocycles. The largest absolute Gasteiger partial charge is 0.486 e. The molecule has 2 heterocycles. The number of hydrogen-bond acceptors (Lipinski definition) is 6. The number of nitrogens with zero attached hydrogens (tertiary/aromatic N) is 2. The van der Waals surface area contributed by atoms with Crippen molar-refractivity contribution >= 4 is 29.2 Å². The predicted octanol–water partition coefficient (Wildman–Crippen LogP) is 3.05. The summed E-state index contributed by atoms with van der Waals surface area (Å²) in [7, 11) is 0. The number of nitrogens with one attached hydrogen (secondary N) is 2. The fraction of sp³-hybridized carbons (Fsp3) is 0.440. The molecule has 0 unspecified atom stereocenters. The van der Waals surface area contributed by atoms with Gasteiger partial charge in [-0.1, -0.05) is 18.9 Å². The topological polar surface area (TPSA) is 110 Å². The van der Waals surface area contributed by atoms with E-state index in [1.807, 2.05) is 0 Å². The highest BCUT2D eigenvalue weighted by atomic mass is 16.6. The molecule has 4 rings (SSSR count). The van der Waals surface area contributed by atoms with Gasteiger partial charge in [-0.2, -0.15) is 0 Å². The van der Waals surface area contributed by atoms with Crippen molar-refractivity contribution in [2.45, 2.75) is 51.0 Å².